The van der Waals surface area contributed by atoms with Gasteiger partial charge in [-0.15, -0.1) is 12.3 Å². The molecule has 108 valence electrons. The van der Waals surface area contributed by atoms with E-state index in [0.29, 0.717) is 5.56 Å². The molecule has 1 N–H and O–H groups in total. The first-order valence-electron chi connectivity index (χ1n) is 6.53. The zero-order chi connectivity index (χ0) is 15.3. The summed E-state index contributed by atoms with van der Waals surface area (Å²) in [5.74, 6) is 2.33. The fraction of sp³-hybridized carbons (Fsp3) is 0.176. The monoisotopic (exact) mass is 300 g/mol. The van der Waals surface area contributed by atoms with Crippen molar-refractivity contribution >= 4 is 9.84 Å². The maximum atomic E-state index is 12.8. The van der Waals surface area contributed by atoms with Gasteiger partial charge in [0.15, 0.2) is 9.84 Å². The van der Waals surface area contributed by atoms with Crippen LogP contribution in [-0.2, 0) is 9.84 Å². The van der Waals surface area contributed by atoms with E-state index in [1.807, 2.05) is 0 Å². The van der Waals surface area contributed by atoms with Crippen molar-refractivity contribution in [3.05, 3.63) is 66.2 Å². The molecule has 2 atom stereocenters. The van der Waals surface area contributed by atoms with Crippen molar-refractivity contribution in [2.24, 2.45) is 0 Å². The van der Waals surface area contributed by atoms with Crippen molar-refractivity contribution in [1.29, 1.82) is 0 Å². The zero-order valence-electron chi connectivity index (χ0n) is 11.4. The molecule has 0 saturated heterocycles. The summed E-state index contributed by atoms with van der Waals surface area (Å²) in [6.07, 6.45) is 4.05. The maximum absolute atomic E-state index is 12.8. The van der Waals surface area contributed by atoms with Gasteiger partial charge in [-0.05, 0) is 17.7 Å². The van der Waals surface area contributed by atoms with Gasteiger partial charge in [0, 0.05) is 6.42 Å². The molecule has 0 heterocycles. The predicted molar refractivity (Wildman–Crippen MR) is 82.3 cm³/mol. The lowest BCUT2D eigenvalue weighted by Crippen LogP contribution is -2.26. The van der Waals surface area contributed by atoms with Crippen molar-refractivity contribution in [3.63, 3.8) is 0 Å². The Balaban J connectivity index is 2.53. The van der Waals surface area contributed by atoms with Crippen molar-refractivity contribution in [2.45, 2.75) is 22.7 Å². The van der Waals surface area contributed by atoms with Crippen LogP contribution in [0.5, 0.6) is 0 Å². The molecule has 21 heavy (non-hydrogen) atoms. The van der Waals surface area contributed by atoms with Crippen LogP contribution >= 0.6 is 0 Å². The van der Waals surface area contributed by atoms with E-state index < -0.39 is 21.2 Å². The number of benzene rings is 2. The Morgan fingerprint density at radius 1 is 1.00 bits per heavy atom. The molecular formula is C17H16O3S. The van der Waals surface area contributed by atoms with E-state index in [1.165, 1.54) is 12.1 Å². The van der Waals surface area contributed by atoms with E-state index in [-0.39, 0.29) is 11.3 Å². The Labute approximate surface area is 125 Å². The van der Waals surface area contributed by atoms with Gasteiger partial charge in [0.1, 0.15) is 5.25 Å². The highest BCUT2D eigenvalue weighted by Gasteiger charge is 2.34. The average Bonchev–Trinajstić information content (AvgIpc) is 2.49. The summed E-state index contributed by atoms with van der Waals surface area (Å²) in [4.78, 5) is 0.176. The molecule has 2 rings (SSSR count). The molecule has 0 spiro atoms. The van der Waals surface area contributed by atoms with Gasteiger partial charge in [-0.2, -0.15) is 0 Å². The van der Waals surface area contributed by atoms with E-state index in [1.54, 1.807) is 48.5 Å². The van der Waals surface area contributed by atoms with Gasteiger partial charge in [0.05, 0.1) is 11.0 Å². The second kappa shape index (κ2) is 6.57. The third-order valence-corrected chi connectivity index (χ3v) is 5.39. The SMILES string of the molecule is C#CCC(O)C(c1ccccc1)S(=O)(=O)c1ccccc1. The lowest BCUT2D eigenvalue weighted by molar-refractivity contribution is 0.174. The summed E-state index contributed by atoms with van der Waals surface area (Å²) < 4.78 is 25.6. The van der Waals surface area contributed by atoms with E-state index >= 15 is 0 Å². The predicted octanol–water partition coefficient (Wildman–Crippen LogP) is 2.59. The molecule has 0 aliphatic heterocycles. The van der Waals surface area contributed by atoms with Crippen LogP contribution < -0.4 is 0 Å². The van der Waals surface area contributed by atoms with E-state index in [9.17, 15) is 13.5 Å². The molecule has 0 radical (unpaired) electrons. The molecule has 0 amide bonds. The summed E-state index contributed by atoms with van der Waals surface area (Å²) in [6.45, 7) is 0. The summed E-state index contributed by atoms with van der Waals surface area (Å²) in [6, 6.07) is 16.7. The number of aliphatic hydroxyl groups excluding tert-OH is 1. The first-order valence-corrected chi connectivity index (χ1v) is 8.07. The molecule has 2 aromatic rings. The lowest BCUT2D eigenvalue weighted by Gasteiger charge is -2.22. The summed E-state index contributed by atoms with van der Waals surface area (Å²) in [7, 11) is -3.72. The topological polar surface area (TPSA) is 54.4 Å². The summed E-state index contributed by atoms with van der Waals surface area (Å²) in [5.41, 5.74) is 0.532. The first kappa shape index (κ1) is 15.3. The van der Waals surface area contributed by atoms with Gasteiger partial charge < -0.3 is 5.11 Å². The van der Waals surface area contributed by atoms with E-state index in [4.69, 9.17) is 6.42 Å². The maximum Gasteiger partial charge on any atom is 0.187 e. The Morgan fingerprint density at radius 2 is 1.52 bits per heavy atom. The van der Waals surface area contributed by atoms with Gasteiger partial charge in [-0.25, -0.2) is 8.42 Å². The second-order valence-electron chi connectivity index (χ2n) is 4.66. The van der Waals surface area contributed by atoms with Gasteiger partial charge in [0.2, 0.25) is 0 Å². The summed E-state index contributed by atoms with van der Waals surface area (Å²) in [5, 5.41) is 9.17. The van der Waals surface area contributed by atoms with Gasteiger partial charge in [-0.3, -0.25) is 0 Å². The largest absolute Gasteiger partial charge is 0.390 e. The highest BCUT2D eigenvalue weighted by Crippen LogP contribution is 2.32. The summed E-state index contributed by atoms with van der Waals surface area (Å²) >= 11 is 0. The molecule has 0 saturated carbocycles. The van der Waals surface area contributed by atoms with Crippen molar-refractivity contribution in [2.75, 3.05) is 0 Å². The van der Waals surface area contributed by atoms with Crippen LogP contribution in [0, 0.1) is 12.3 Å². The fourth-order valence-electron chi connectivity index (χ4n) is 2.24. The van der Waals surface area contributed by atoms with Crippen molar-refractivity contribution in [1.82, 2.24) is 0 Å². The van der Waals surface area contributed by atoms with Crippen LogP contribution in [-0.4, -0.2) is 19.6 Å². The number of hydrogen-bond acceptors (Lipinski definition) is 3. The number of rotatable bonds is 5. The van der Waals surface area contributed by atoms with Gasteiger partial charge >= 0.3 is 0 Å². The van der Waals surface area contributed by atoms with Gasteiger partial charge in [-0.1, -0.05) is 48.5 Å². The average molecular weight is 300 g/mol. The lowest BCUT2D eigenvalue weighted by atomic mass is 10.1. The number of terminal acetylenes is 1. The number of aliphatic hydroxyl groups is 1. The van der Waals surface area contributed by atoms with Crippen molar-refractivity contribution < 1.29 is 13.5 Å². The van der Waals surface area contributed by atoms with E-state index in [0.717, 1.165) is 0 Å². The molecule has 0 aliphatic carbocycles. The Kier molecular flexibility index (Phi) is 4.79. The van der Waals surface area contributed by atoms with E-state index in [2.05, 4.69) is 5.92 Å². The molecule has 4 heteroatoms. The normalized spacial score (nSPS) is 14.1. The molecule has 0 bridgehead atoms. The molecule has 0 fully saturated rings. The van der Waals surface area contributed by atoms with Crippen LogP contribution in [0.25, 0.3) is 0 Å². The minimum absolute atomic E-state index is 0.0222. The quantitative estimate of drug-likeness (QED) is 0.864. The molecule has 2 unspecified atom stereocenters. The minimum Gasteiger partial charge on any atom is -0.390 e. The van der Waals surface area contributed by atoms with Gasteiger partial charge in [0.25, 0.3) is 0 Å². The van der Waals surface area contributed by atoms with Crippen LogP contribution in [0.3, 0.4) is 0 Å². The van der Waals surface area contributed by atoms with Crippen LogP contribution in [0.15, 0.2) is 65.6 Å². The Morgan fingerprint density at radius 3 is 2.05 bits per heavy atom. The smallest absolute Gasteiger partial charge is 0.187 e. The highest BCUT2D eigenvalue weighted by atomic mass is 32.2. The standard InChI is InChI=1S/C17H16O3S/c1-2-9-16(18)17(14-10-5-3-6-11-14)21(19,20)15-12-7-4-8-13-15/h1,3-8,10-13,16-18H,9H2. The molecule has 0 aliphatic rings. The van der Waals surface area contributed by atoms with Crippen molar-refractivity contribution in [3.8, 4) is 12.3 Å². The molecule has 2 aromatic carbocycles. The zero-order valence-corrected chi connectivity index (χ0v) is 12.2. The van der Waals surface area contributed by atoms with Crippen LogP contribution in [0.2, 0.25) is 0 Å². The molecular weight excluding hydrogens is 284 g/mol. The number of sulfone groups is 1. The Bertz CT molecular complexity index is 716. The third kappa shape index (κ3) is 3.33. The molecule has 0 aromatic heterocycles. The highest BCUT2D eigenvalue weighted by molar-refractivity contribution is 7.91. The fourth-order valence-corrected chi connectivity index (χ4v) is 4.09. The minimum atomic E-state index is -3.72. The number of hydrogen-bond donors (Lipinski definition) is 1. The Hall–Kier alpha value is -2.09. The molecule has 3 nitrogen and oxygen atoms in total. The first-order chi connectivity index (χ1) is 10.1. The van der Waals surface area contributed by atoms with Crippen LogP contribution in [0.1, 0.15) is 17.2 Å². The third-order valence-electron chi connectivity index (χ3n) is 3.21. The second-order valence-corrected chi connectivity index (χ2v) is 6.73. The van der Waals surface area contributed by atoms with Crippen LogP contribution in [0.4, 0.5) is 0 Å².